The molecule has 4 rings (SSSR count). The molecular formula is C24H26N6O4. The maximum Gasteiger partial charge on any atom is 0.268 e. The van der Waals surface area contributed by atoms with E-state index < -0.39 is 0 Å². The normalized spacial score (nSPS) is 12.0. The van der Waals surface area contributed by atoms with E-state index in [1.807, 2.05) is 25.2 Å². The zero-order chi connectivity index (χ0) is 24.2. The summed E-state index contributed by atoms with van der Waals surface area (Å²) in [6, 6.07) is 8.51. The second-order valence-electron chi connectivity index (χ2n) is 7.86. The first-order chi connectivity index (χ1) is 16.4. The van der Waals surface area contributed by atoms with Crippen LogP contribution in [0.1, 0.15) is 24.2 Å². The largest absolute Gasteiger partial charge is 0.496 e. The number of aromatic nitrogens is 5. The number of nitrogens with zero attached hydrogens (tertiary/aromatic N) is 5. The Bertz CT molecular complexity index is 1360. The molecule has 1 atom stereocenters. The van der Waals surface area contributed by atoms with Crippen LogP contribution in [0.25, 0.3) is 34.3 Å². The first kappa shape index (κ1) is 23.3. The molecule has 1 aromatic carbocycles. The minimum Gasteiger partial charge on any atom is -0.496 e. The first-order valence-corrected chi connectivity index (χ1v) is 10.8. The summed E-state index contributed by atoms with van der Waals surface area (Å²) in [5.41, 5.74) is 3.80. The van der Waals surface area contributed by atoms with E-state index in [0.717, 1.165) is 5.56 Å². The molecule has 2 N–H and O–H groups in total. The van der Waals surface area contributed by atoms with Crippen LogP contribution in [0.3, 0.4) is 0 Å². The minimum absolute atomic E-state index is 0.154. The Hall–Kier alpha value is -3.89. The van der Waals surface area contributed by atoms with Gasteiger partial charge < -0.3 is 24.1 Å². The lowest BCUT2D eigenvalue weighted by Crippen LogP contribution is -2.24. The van der Waals surface area contributed by atoms with E-state index in [1.54, 1.807) is 39.4 Å². The molecule has 0 spiro atoms. The number of nitrogens with one attached hydrogen (secondary N) is 1. The molecule has 3 heterocycles. The monoisotopic (exact) mass is 462 g/mol. The molecule has 34 heavy (non-hydrogen) atoms. The predicted molar refractivity (Wildman–Crippen MR) is 126 cm³/mol. The van der Waals surface area contributed by atoms with Gasteiger partial charge in [0.25, 0.3) is 17.3 Å². The molecule has 0 amide bonds. The molecule has 1 unspecified atom stereocenters. The van der Waals surface area contributed by atoms with Crippen LogP contribution in [0.15, 0.2) is 51.9 Å². The molecule has 0 aliphatic carbocycles. The van der Waals surface area contributed by atoms with Gasteiger partial charge in [-0.1, -0.05) is 6.07 Å². The van der Waals surface area contributed by atoms with Gasteiger partial charge in [0.1, 0.15) is 11.4 Å². The SMILES string of the molecule is CNCc1ccc(-c2nnc(-c3nc(-c4ccc(=O)n(C(C)CO)c4)cnc3C)o2)c(OC)c1. The van der Waals surface area contributed by atoms with Crippen LogP contribution < -0.4 is 15.6 Å². The fourth-order valence-corrected chi connectivity index (χ4v) is 3.53. The van der Waals surface area contributed by atoms with Crippen LogP contribution in [0.4, 0.5) is 0 Å². The number of aryl methyl sites for hydroxylation is 1. The third-order valence-electron chi connectivity index (χ3n) is 5.43. The number of benzene rings is 1. The van der Waals surface area contributed by atoms with Gasteiger partial charge in [-0.05, 0) is 44.7 Å². The van der Waals surface area contributed by atoms with E-state index in [2.05, 4.69) is 25.5 Å². The van der Waals surface area contributed by atoms with Crippen molar-refractivity contribution in [1.29, 1.82) is 0 Å². The highest BCUT2D eigenvalue weighted by Gasteiger charge is 2.19. The average molecular weight is 463 g/mol. The summed E-state index contributed by atoms with van der Waals surface area (Å²) >= 11 is 0. The van der Waals surface area contributed by atoms with Crippen molar-refractivity contribution in [2.24, 2.45) is 0 Å². The second kappa shape index (κ2) is 9.94. The van der Waals surface area contributed by atoms with Gasteiger partial charge in [-0.15, -0.1) is 10.2 Å². The van der Waals surface area contributed by atoms with Crippen molar-refractivity contribution in [2.75, 3.05) is 20.8 Å². The molecule has 0 saturated heterocycles. The zero-order valence-electron chi connectivity index (χ0n) is 19.4. The summed E-state index contributed by atoms with van der Waals surface area (Å²) in [7, 11) is 3.47. The number of rotatable bonds is 8. The Kier molecular flexibility index (Phi) is 6.80. The maximum absolute atomic E-state index is 12.2. The molecule has 0 aliphatic rings. The van der Waals surface area contributed by atoms with Crippen LogP contribution in [-0.2, 0) is 6.54 Å². The van der Waals surface area contributed by atoms with Crippen molar-refractivity contribution in [3.8, 4) is 40.0 Å². The molecule has 0 radical (unpaired) electrons. The number of aliphatic hydroxyl groups is 1. The molecule has 0 aliphatic heterocycles. The van der Waals surface area contributed by atoms with E-state index in [0.29, 0.717) is 46.4 Å². The minimum atomic E-state index is -0.363. The number of hydrogen-bond acceptors (Lipinski definition) is 9. The molecular weight excluding hydrogens is 436 g/mol. The fourth-order valence-electron chi connectivity index (χ4n) is 3.53. The molecule has 10 nitrogen and oxygen atoms in total. The smallest absolute Gasteiger partial charge is 0.268 e. The zero-order valence-corrected chi connectivity index (χ0v) is 19.4. The van der Waals surface area contributed by atoms with Crippen molar-refractivity contribution < 1.29 is 14.3 Å². The highest BCUT2D eigenvalue weighted by molar-refractivity contribution is 5.66. The molecule has 4 aromatic rings. The third-order valence-corrected chi connectivity index (χ3v) is 5.43. The van der Waals surface area contributed by atoms with Crippen LogP contribution >= 0.6 is 0 Å². The second-order valence-corrected chi connectivity index (χ2v) is 7.86. The summed E-state index contributed by atoms with van der Waals surface area (Å²) < 4.78 is 12.9. The number of methoxy groups -OCH3 is 1. The van der Waals surface area contributed by atoms with Crippen LogP contribution in [0, 0.1) is 6.92 Å². The number of ether oxygens (including phenoxy) is 1. The van der Waals surface area contributed by atoms with Crippen LogP contribution in [-0.4, -0.2) is 50.6 Å². The summed E-state index contributed by atoms with van der Waals surface area (Å²) in [5.74, 6) is 1.15. The van der Waals surface area contributed by atoms with Gasteiger partial charge in [0, 0.05) is 24.4 Å². The lowest BCUT2D eigenvalue weighted by Gasteiger charge is -2.13. The van der Waals surface area contributed by atoms with Crippen molar-refractivity contribution >= 4 is 0 Å². The Morgan fingerprint density at radius 3 is 2.74 bits per heavy atom. The van der Waals surface area contributed by atoms with E-state index in [1.165, 1.54) is 10.6 Å². The van der Waals surface area contributed by atoms with E-state index >= 15 is 0 Å². The first-order valence-electron chi connectivity index (χ1n) is 10.8. The van der Waals surface area contributed by atoms with Crippen molar-refractivity contribution in [3.63, 3.8) is 0 Å². The van der Waals surface area contributed by atoms with E-state index in [9.17, 15) is 9.90 Å². The number of hydrogen-bond donors (Lipinski definition) is 2. The highest BCUT2D eigenvalue weighted by atomic mass is 16.5. The van der Waals surface area contributed by atoms with Gasteiger partial charge in [-0.2, -0.15) is 0 Å². The molecule has 0 saturated carbocycles. The van der Waals surface area contributed by atoms with Gasteiger partial charge in [-0.3, -0.25) is 9.78 Å². The lowest BCUT2D eigenvalue weighted by atomic mass is 10.1. The summed E-state index contributed by atoms with van der Waals surface area (Å²) in [4.78, 5) is 21.3. The summed E-state index contributed by atoms with van der Waals surface area (Å²) in [6.45, 7) is 4.12. The molecule has 0 fully saturated rings. The maximum atomic E-state index is 12.2. The van der Waals surface area contributed by atoms with Crippen molar-refractivity contribution in [3.05, 3.63) is 64.3 Å². The van der Waals surface area contributed by atoms with Gasteiger partial charge in [-0.25, -0.2) is 4.98 Å². The highest BCUT2D eigenvalue weighted by Crippen LogP contribution is 2.32. The van der Waals surface area contributed by atoms with Crippen LogP contribution in [0.2, 0.25) is 0 Å². The Morgan fingerprint density at radius 2 is 2.00 bits per heavy atom. The predicted octanol–water partition coefficient (Wildman–Crippen LogP) is 2.61. The van der Waals surface area contributed by atoms with Gasteiger partial charge >= 0.3 is 0 Å². The van der Waals surface area contributed by atoms with E-state index in [-0.39, 0.29) is 24.1 Å². The topological polar surface area (TPSA) is 128 Å². The Morgan fingerprint density at radius 1 is 1.21 bits per heavy atom. The Balaban J connectivity index is 1.72. The molecule has 10 heteroatoms. The van der Waals surface area contributed by atoms with Crippen molar-refractivity contribution in [1.82, 2.24) is 30.0 Å². The Labute approximate surface area is 196 Å². The van der Waals surface area contributed by atoms with Gasteiger partial charge in [0.2, 0.25) is 0 Å². The lowest BCUT2D eigenvalue weighted by molar-refractivity contribution is 0.236. The molecule has 3 aromatic heterocycles. The van der Waals surface area contributed by atoms with Gasteiger partial charge in [0.15, 0.2) is 0 Å². The van der Waals surface area contributed by atoms with Crippen LogP contribution in [0.5, 0.6) is 5.75 Å². The summed E-state index contributed by atoms with van der Waals surface area (Å²) in [6.07, 6.45) is 3.27. The third kappa shape index (κ3) is 4.59. The van der Waals surface area contributed by atoms with Gasteiger partial charge in [0.05, 0.1) is 42.9 Å². The quantitative estimate of drug-likeness (QED) is 0.406. The molecule has 176 valence electrons. The molecule has 0 bridgehead atoms. The number of aliphatic hydroxyl groups excluding tert-OH is 1. The standard InChI is InChI=1S/C24H26N6O4/c1-14(13-31)30-12-17(6-8-21(30)32)19-11-26-15(2)22(27-19)24-29-28-23(34-24)18-7-5-16(10-25-3)9-20(18)33-4/h5-9,11-12,14,25,31H,10,13H2,1-4H3. The summed E-state index contributed by atoms with van der Waals surface area (Å²) in [5, 5.41) is 20.9. The van der Waals surface area contributed by atoms with Crippen molar-refractivity contribution in [2.45, 2.75) is 26.4 Å². The average Bonchev–Trinajstić information content (AvgIpc) is 3.34. The fraction of sp³-hybridized carbons (Fsp3) is 0.292. The number of pyridine rings is 1. The van der Waals surface area contributed by atoms with E-state index in [4.69, 9.17) is 9.15 Å².